The van der Waals surface area contributed by atoms with Gasteiger partial charge < -0.3 is 8.85 Å². The predicted molar refractivity (Wildman–Crippen MR) is 70.7 cm³/mol. The average molecular weight is 292 g/mol. The van der Waals surface area contributed by atoms with Crippen molar-refractivity contribution in [2.24, 2.45) is 0 Å². The molecule has 1 rings (SSSR count). The highest BCUT2D eigenvalue weighted by molar-refractivity contribution is 6.81. The Morgan fingerprint density at radius 1 is 1.11 bits per heavy atom. The van der Waals surface area contributed by atoms with Crippen molar-refractivity contribution in [1.82, 2.24) is 0 Å². The predicted octanol–water partition coefficient (Wildman–Crippen LogP) is 3.14. The Labute approximate surface area is 112 Å². The van der Waals surface area contributed by atoms with E-state index >= 15 is 0 Å². The van der Waals surface area contributed by atoms with Gasteiger partial charge in [0.05, 0.1) is 0 Å². The van der Waals surface area contributed by atoms with Gasteiger partial charge in [-0.25, -0.2) is 0 Å². The summed E-state index contributed by atoms with van der Waals surface area (Å²) in [7, 11) is -0.157. The third kappa shape index (κ3) is 4.06. The lowest BCUT2D eigenvalue weighted by molar-refractivity contribution is -0.131. The van der Waals surface area contributed by atoms with E-state index in [0.717, 1.165) is 17.2 Å². The van der Waals surface area contributed by atoms with Crippen LogP contribution < -0.4 is 5.19 Å². The zero-order valence-corrected chi connectivity index (χ0v) is 12.4. The van der Waals surface area contributed by atoms with E-state index in [1.54, 1.807) is 0 Å². The molecule has 1 aromatic carbocycles. The SMILES string of the molecule is CCc1ccccc1[Si](CCC(F)(F)F)(OC)OC. The van der Waals surface area contributed by atoms with Gasteiger partial charge in [0.2, 0.25) is 0 Å². The van der Waals surface area contributed by atoms with Crippen LogP contribution in [0, 0.1) is 0 Å². The molecule has 6 heteroatoms. The number of hydrogen-bond acceptors (Lipinski definition) is 2. The second-order valence-electron chi connectivity index (χ2n) is 4.29. The molecule has 0 aliphatic rings. The van der Waals surface area contributed by atoms with Gasteiger partial charge in [0.25, 0.3) is 0 Å². The van der Waals surface area contributed by atoms with Gasteiger partial charge in [-0.1, -0.05) is 31.2 Å². The molecule has 0 bridgehead atoms. The Bertz CT molecular complexity index is 403. The number of rotatable bonds is 6. The quantitative estimate of drug-likeness (QED) is 0.750. The third-order valence-electron chi connectivity index (χ3n) is 3.21. The standard InChI is InChI=1S/C13H19F3O2Si/c1-4-11-7-5-6-8-12(11)19(17-2,18-3)10-9-13(14,15)16/h5-8H,4,9-10H2,1-3H3. The highest BCUT2D eigenvalue weighted by Crippen LogP contribution is 2.27. The van der Waals surface area contributed by atoms with Gasteiger partial charge >= 0.3 is 14.7 Å². The molecule has 108 valence electrons. The molecular weight excluding hydrogens is 273 g/mol. The lowest BCUT2D eigenvalue weighted by atomic mass is 10.2. The van der Waals surface area contributed by atoms with E-state index in [1.807, 2.05) is 31.2 Å². The Kier molecular flexibility index (Phi) is 5.58. The molecular formula is C13H19F3O2Si. The molecule has 0 heterocycles. The van der Waals surface area contributed by atoms with Crippen LogP contribution in [-0.4, -0.2) is 29.0 Å². The topological polar surface area (TPSA) is 18.5 Å². The molecule has 0 saturated heterocycles. The fourth-order valence-corrected chi connectivity index (χ4v) is 5.14. The minimum Gasteiger partial charge on any atom is -0.394 e. The lowest BCUT2D eigenvalue weighted by Crippen LogP contribution is -2.54. The monoisotopic (exact) mass is 292 g/mol. The van der Waals surface area contributed by atoms with Gasteiger partial charge in [-0.3, -0.25) is 0 Å². The molecule has 0 fully saturated rings. The number of hydrogen-bond donors (Lipinski definition) is 0. The van der Waals surface area contributed by atoms with Crippen molar-refractivity contribution < 1.29 is 22.0 Å². The van der Waals surface area contributed by atoms with E-state index in [1.165, 1.54) is 14.2 Å². The van der Waals surface area contributed by atoms with Gasteiger partial charge in [0, 0.05) is 26.7 Å². The fourth-order valence-electron chi connectivity index (χ4n) is 2.15. The minimum absolute atomic E-state index is 0.124. The minimum atomic E-state index is -4.20. The first-order valence-corrected chi connectivity index (χ1v) is 8.16. The smallest absolute Gasteiger partial charge is 0.389 e. The molecule has 0 atom stereocenters. The summed E-state index contributed by atoms with van der Waals surface area (Å²) in [6, 6.07) is 7.27. The normalized spacial score (nSPS) is 12.7. The second-order valence-corrected chi connectivity index (χ2v) is 7.65. The van der Waals surface area contributed by atoms with Crippen molar-refractivity contribution in [2.45, 2.75) is 32.0 Å². The zero-order valence-electron chi connectivity index (χ0n) is 11.4. The highest BCUT2D eigenvalue weighted by atomic mass is 28.4. The molecule has 19 heavy (non-hydrogen) atoms. The van der Waals surface area contributed by atoms with Gasteiger partial charge in [-0.15, -0.1) is 0 Å². The summed E-state index contributed by atoms with van der Waals surface area (Å²) in [5, 5.41) is 0.798. The second kappa shape index (κ2) is 6.54. The van der Waals surface area contributed by atoms with Crippen LogP contribution in [0.25, 0.3) is 0 Å². The molecule has 0 saturated carbocycles. The highest BCUT2D eigenvalue weighted by Gasteiger charge is 2.43. The average Bonchev–Trinajstić information content (AvgIpc) is 2.40. The maximum Gasteiger partial charge on any atom is 0.389 e. The van der Waals surface area contributed by atoms with E-state index in [0.29, 0.717) is 0 Å². The van der Waals surface area contributed by atoms with Crippen LogP contribution in [0.15, 0.2) is 24.3 Å². The van der Waals surface area contributed by atoms with Crippen LogP contribution in [0.4, 0.5) is 13.2 Å². The Balaban J connectivity index is 3.10. The van der Waals surface area contributed by atoms with Crippen molar-refractivity contribution in [2.75, 3.05) is 14.2 Å². The van der Waals surface area contributed by atoms with Crippen molar-refractivity contribution in [3.63, 3.8) is 0 Å². The zero-order chi connectivity index (χ0) is 14.5. The first kappa shape index (κ1) is 16.2. The van der Waals surface area contributed by atoms with Crippen LogP contribution in [0.2, 0.25) is 6.04 Å². The van der Waals surface area contributed by atoms with Crippen LogP contribution >= 0.6 is 0 Å². The van der Waals surface area contributed by atoms with Crippen molar-refractivity contribution in [3.8, 4) is 0 Å². The molecule has 1 aromatic rings. The summed E-state index contributed by atoms with van der Waals surface area (Å²) >= 11 is 0. The lowest BCUT2D eigenvalue weighted by Gasteiger charge is -2.29. The van der Waals surface area contributed by atoms with Crippen molar-refractivity contribution in [3.05, 3.63) is 29.8 Å². The van der Waals surface area contributed by atoms with E-state index in [-0.39, 0.29) is 6.04 Å². The van der Waals surface area contributed by atoms with Gasteiger partial charge in [-0.2, -0.15) is 13.2 Å². The summed E-state index contributed by atoms with van der Waals surface area (Å²) in [6.45, 7) is 1.97. The largest absolute Gasteiger partial charge is 0.394 e. The summed E-state index contributed by atoms with van der Waals surface area (Å²) in [5.41, 5.74) is 0.986. The molecule has 0 radical (unpaired) electrons. The fraction of sp³-hybridized carbons (Fsp3) is 0.538. The third-order valence-corrected chi connectivity index (χ3v) is 6.74. The summed E-state index contributed by atoms with van der Waals surface area (Å²) in [4.78, 5) is 0. The Morgan fingerprint density at radius 2 is 1.68 bits per heavy atom. The number of aryl methyl sites for hydroxylation is 1. The molecule has 0 aliphatic heterocycles. The maximum absolute atomic E-state index is 12.5. The molecule has 0 aliphatic carbocycles. The summed E-state index contributed by atoms with van der Waals surface area (Å²) in [5.74, 6) is 0. The van der Waals surface area contributed by atoms with Gasteiger partial charge in [0.15, 0.2) is 0 Å². The van der Waals surface area contributed by atoms with Gasteiger partial charge in [0.1, 0.15) is 0 Å². The van der Waals surface area contributed by atoms with Crippen LogP contribution in [0.3, 0.4) is 0 Å². The molecule has 2 nitrogen and oxygen atoms in total. The van der Waals surface area contributed by atoms with Crippen molar-refractivity contribution in [1.29, 1.82) is 0 Å². The number of benzene rings is 1. The Morgan fingerprint density at radius 3 is 2.16 bits per heavy atom. The molecule has 0 spiro atoms. The molecule has 0 N–H and O–H groups in total. The van der Waals surface area contributed by atoms with E-state index in [2.05, 4.69) is 0 Å². The maximum atomic E-state index is 12.5. The van der Waals surface area contributed by atoms with Crippen LogP contribution in [-0.2, 0) is 15.3 Å². The molecule has 0 amide bonds. The summed E-state index contributed by atoms with van der Waals surface area (Å²) < 4.78 is 48.3. The number of alkyl halides is 3. The van der Waals surface area contributed by atoms with E-state index in [4.69, 9.17) is 8.85 Å². The van der Waals surface area contributed by atoms with Gasteiger partial charge in [-0.05, 0) is 17.2 Å². The first-order chi connectivity index (χ1) is 8.88. The first-order valence-electron chi connectivity index (χ1n) is 6.14. The molecule has 0 aromatic heterocycles. The van der Waals surface area contributed by atoms with Crippen molar-refractivity contribution >= 4 is 13.7 Å². The van der Waals surface area contributed by atoms with E-state index < -0.39 is 21.2 Å². The number of halogens is 3. The Hall–Kier alpha value is -0.853. The van der Waals surface area contributed by atoms with Crippen LogP contribution in [0.5, 0.6) is 0 Å². The van der Waals surface area contributed by atoms with E-state index in [9.17, 15) is 13.2 Å². The van der Waals surface area contributed by atoms with Crippen LogP contribution in [0.1, 0.15) is 18.9 Å². The summed E-state index contributed by atoms with van der Waals surface area (Å²) in [6.07, 6.45) is -4.35. The molecule has 0 unspecified atom stereocenters.